The van der Waals surface area contributed by atoms with Gasteiger partial charge in [-0.25, -0.2) is 5.43 Å². The first-order valence-electron chi connectivity index (χ1n) is 5.94. The first-order valence-corrected chi connectivity index (χ1v) is 5.94. The van der Waals surface area contributed by atoms with Crippen molar-refractivity contribution in [3.63, 3.8) is 0 Å². The SMILES string of the molecule is Cc1ccc(C(NN)c2cc(C)nc(C)c2)cn1. The maximum absolute atomic E-state index is 5.68. The van der Waals surface area contributed by atoms with E-state index in [-0.39, 0.29) is 6.04 Å². The van der Waals surface area contributed by atoms with Crippen LogP contribution in [0.2, 0.25) is 0 Å². The summed E-state index contributed by atoms with van der Waals surface area (Å²) < 4.78 is 0. The molecule has 0 aromatic carbocycles. The van der Waals surface area contributed by atoms with Gasteiger partial charge in [-0.1, -0.05) is 6.07 Å². The Kier molecular flexibility index (Phi) is 3.69. The van der Waals surface area contributed by atoms with E-state index in [0.717, 1.165) is 28.2 Å². The molecule has 2 rings (SSSR count). The third-order valence-electron chi connectivity index (χ3n) is 2.87. The number of nitrogens with two attached hydrogens (primary N) is 1. The summed E-state index contributed by atoms with van der Waals surface area (Å²) in [5.74, 6) is 5.68. The lowest BCUT2D eigenvalue weighted by Crippen LogP contribution is -2.29. The Morgan fingerprint density at radius 1 is 1.00 bits per heavy atom. The molecule has 0 aliphatic rings. The van der Waals surface area contributed by atoms with Gasteiger partial charge < -0.3 is 0 Å². The van der Waals surface area contributed by atoms with Crippen molar-refractivity contribution in [1.29, 1.82) is 0 Å². The van der Waals surface area contributed by atoms with E-state index in [0.29, 0.717) is 0 Å². The molecule has 2 heterocycles. The predicted octanol–water partition coefficient (Wildman–Crippen LogP) is 1.95. The van der Waals surface area contributed by atoms with Crippen molar-refractivity contribution >= 4 is 0 Å². The smallest absolute Gasteiger partial charge is 0.0726 e. The Labute approximate surface area is 107 Å². The fourth-order valence-electron chi connectivity index (χ4n) is 2.07. The van der Waals surface area contributed by atoms with Crippen LogP contribution >= 0.6 is 0 Å². The largest absolute Gasteiger partial charge is 0.271 e. The highest BCUT2D eigenvalue weighted by Gasteiger charge is 2.13. The van der Waals surface area contributed by atoms with Gasteiger partial charge in [0, 0.05) is 23.3 Å². The molecule has 2 aromatic rings. The van der Waals surface area contributed by atoms with Crippen LogP contribution in [0.1, 0.15) is 34.3 Å². The van der Waals surface area contributed by atoms with Gasteiger partial charge in [-0.3, -0.25) is 15.8 Å². The molecule has 4 heteroatoms. The molecule has 18 heavy (non-hydrogen) atoms. The summed E-state index contributed by atoms with van der Waals surface area (Å²) in [5, 5.41) is 0. The zero-order chi connectivity index (χ0) is 13.1. The number of rotatable bonds is 3. The van der Waals surface area contributed by atoms with Gasteiger partial charge in [0.2, 0.25) is 0 Å². The number of nitrogens with one attached hydrogen (secondary N) is 1. The molecule has 0 aliphatic carbocycles. The average Bonchev–Trinajstić information content (AvgIpc) is 2.31. The summed E-state index contributed by atoms with van der Waals surface area (Å²) >= 11 is 0. The van der Waals surface area contributed by atoms with E-state index in [1.807, 2.05) is 51.2 Å². The minimum absolute atomic E-state index is 0.0569. The van der Waals surface area contributed by atoms with E-state index in [9.17, 15) is 0 Å². The van der Waals surface area contributed by atoms with Gasteiger partial charge in [-0.15, -0.1) is 0 Å². The molecule has 0 saturated carbocycles. The summed E-state index contributed by atoms with van der Waals surface area (Å²) in [4.78, 5) is 8.68. The highest BCUT2D eigenvalue weighted by molar-refractivity contribution is 5.32. The fourth-order valence-corrected chi connectivity index (χ4v) is 2.07. The van der Waals surface area contributed by atoms with E-state index in [1.165, 1.54) is 0 Å². The third kappa shape index (κ3) is 2.72. The maximum atomic E-state index is 5.68. The van der Waals surface area contributed by atoms with E-state index < -0.39 is 0 Å². The molecule has 0 radical (unpaired) electrons. The molecule has 0 fully saturated rings. The molecule has 0 amide bonds. The number of nitrogens with zero attached hydrogens (tertiary/aromatic N) is 2. The maximum Gasteiger partial charge on any atom is 0.0726 e. The number of hydrazine groups is 1. The lowest BCUT2D eigenvalue weighted by molar-refractivity contribution is 0.632. The van der Waals surface area contributed by atoms with Crippen molar-refractivity contribution in [2.24, 2.45) is 5.84 Å². The van der Waals surface area contributed by atoms with Gasteiger partial charge in [-0.2, -0.15) is 0 Å². The molecule has 0 spiro atoms. The Morgan fingerprint density at radius 2 is 1.67 bits per heavy atom. The highest BCUT2D eigenvalue weighted by atomic mass is 15.2. The zero-order valence-corrected chi connectivity index (χ0v) is 10.9. The molecule has 0 bridgehead atoms. The van der Waals surface area contributed by atoms with Gasteiger partial charge >= 0.3 is 0 Å². The number of aromatic nitrogens is 2. The van der Waals surface area contributed by atoms with Gasteiger partial charge in [-0.05, 0) is 50.1 Å². The third-order valence-corrected chi connectivity index (χ3v) is 2.87. The van der Waals surface area contributed by atoms with Gasteiger partial charge in [0.05, 0.1) is 6.04 Å². The molecule has 0 saturated heterocycles. The van der Waals surface area contributed by atoms with Gasteiger partial charge in [0.1, 0.15) is 0 Å². The Hall–Kier alpha value is -1.78. The van der Waals surface area contributed by atoms with Crippen LogP contribution in [0.15, 0.2) is 30.5 Å². The van der Waals surface area contributed by atoms with Crippen molar-refractivity contribution in [3.8, 4) is 0 Å². The number of hydrogen-bond donors (Lipinski definition) is 2. The van der Waals surface area contributed by atoms with Gasteiger partial charge in [0.25, 0.3) is 0 Å². The number of hydrogen-bond acceptors (Lipinski definition) is 4. The monoisotopic (exact) mass is 242 g/mol. The quantitative estimate of drug-likeness (QED) is 0.638. The molecule has 2 aromatic heterocycles. The normalized spacial score (nSPS) is 12.4. The molecular formula is C14H18N4. The second-order valence-corrected chi connectivity index (χ2v) is 4.52. The topological polar surface area (TPSA) is 63.8 Å². The summed E-state index contributed by atoms with van der Waals surface area (Å²) in [6.07, 6.45) is 1.85. The molecule has 1 unspecified atom stereocenters. The van der Waals surface area contributed by atoms with Crippen LogP contribution in [0.5, 0.6) is 0 Å². The van der Waals surface area contributed by atoms with Gasteiger partial charge in [0.15, 0.2) is 0 Å². The number of aryl methyl sites for hydroxylation is 3. The summed E-state index contributed by atoms with van der Waals surface area (Å²) in [6, 6.07) is 8.05. The number of pyridine rings is 2. The molecule has 3 N–H and O–H groups in total. The summed E-state index contributed by atoms with van der Waals surface area (Å²) in [6.45, 7) is 5.93. The van der Waals surface area contributed by atoms with Crippen molar-refractivity contribution in [3.05, 3.63) is 58.7 Å². The minimum atomic E-state index is -0.0569. The Morgan fingerprint density at radius 3 is 2.17 bits per heavy atom. The van der Waals surface area contributed by atoms with Crippen LogP contribution in [0.3, 0.4) is 0 Å². The molecule has 4 nitrogen and oxygen atoms in total. The first kappa shape index (κ1) is 12.7. The Bertz CT molecular complexity index is 514. The minimum Gasteiger partial charge on any atom is -0.271 e. The first-order chi connectivity index (χ1) is 8.60. The standard InChI is InChI=1S/C14H18N4/c1-9-4-5-12(8-16-9)14(18-15)13-6-10(2)17-11(3)7-13/h4-8,14,18H,15H2,1-3H3. The second kappa shape index (κ2) is 5.25. The van der Waals surface area contributed by atoms with E-state index >= 15 is 0 Å². The van der Waals surface area contributed by atoms with Crippen LogP contribution in [-0.2, 0) is 0 Å². The van der Waals surface area contributed by atoms with Crippen LogP contribution < -0.4 is 11.3 Å². The zero-order valence-electron chi connectivity index (χ0n) is 10.9. The fraction of sp³-hybridized carbons (Fsp3) is 0.286. The predicted molar refractivity (Wildman–Crippen MR) is 71.9 cm³/mol. The molecule has 0 aliphatic heterocycles. The van der Waals surface area contributed by atoms with Crippen molar-refractivity contribution in [1.82, 2.24) is 15.4 Å². The molecule has 94 valence electrons. The highest BCUT2D eigenvalue weighted by Crippen LogP contribution is 2.21. The van der Waals surface area contributed by atoms with Crippen molar-refractivity contribution in [2.75, 3.05) is 0 Å². The summed E-state index contributed by atoms with van der Waals surface area (Å²) in [5.41, 5.74) is 7.97. The van der Waals surface area contributed by atoms with Crippen LogP contribution in [0.25, 0.3) is 0 Å². The Balaban J connectivity index is 2.41. The van der Waals surface area contributed by atoms with Crippen LogP contribution in [0.4, 0.5) is 0 Å². The molecule has 1 atom stereocenters. The second-order valence-electron chi connectivity index (χ2n) is 4.52. The van der Waals surface area contributed by atoms with Crippen molar-refractivity contribution < 1.29 is 0 Å². The van der Waals surface area contributed by atoms with E-state index in [1.54, 1.807) is 0 Å². The van der Waals surface area contributed by atoms with Crippen molar-refractivity contribution in [2.45, 2.75) is 26.8 Å². The van der Waals surface area contributed by atoms with E-state index in [4.69, 9.17) is 5.84 Å². The lowest BCUT2D eigenvalue weighted by atomic mass is 10.00. The molecular weight excluding hydrogens is 224 g/mol. The van der Waals surface area contributed by atoms with Crippen LogP contribution in [-0.4, -0.2) is 9.97 Å². The summed E-state index contributed by atoms with van der Waals surface area (Å²) in [7, 11) is 0. The average molecular weight is 242 g/mol. The van der Waals surface area contributed by atoms with E-state index in [2.05, 4.69) is 15.4 Å². The van der Waals surface area contributed by atoms with Crippen LogP contribution in [0, 0.1) is 20.8 Å². The lowest BCUT2D eigenvalue weighted by Gasteiger charge is -2.17.